The number of ether oxygens (including phenoxy) is 1. The van der Waals surface area contributed by atoms with Crippen LogP contribution in [0.25, 0.3) is 0 Å². The Labute approximate surface area is 135 Å². The van der Waals surface area contributed by atoms with Crippen molar-refractivity contribution >= 4 is 17.8 Å². The number of nitrogens with one attached hydrogen (secondary N) is 1. The minimum absolute atomic E-state index is 0.0518. The van der Waals surface area contributed by atoms with Gasteiger partial charge < -0.3 is 15.2 Å². The molecule has 1 aromatic rings. The van der Waals surface area contributed by atoms with E-state index in [1.54, 1.807) is 13.8 Å². The molecule has 126 valence electrons. The van der Waals surface area contributed by atoms with Crippen LogP contribution in [0.3, 0.4) is 0 Å². The highest BCUT2D eigenvalue weighted by Gasteiger charge is 2.28. The molecule has 0 aliphatic carbocycles. The lowest BCUT2D eigenvalue weighted by Crippen LogP contribution is -2.45. The maximum absolute atomic E-state index is 12.0. The molecule has 0 radical (unpaired) electrons. The molecule has 2 N–H and O–H groups in total. The number of carbonyl (C=O) groups is 3. The van der Waals surface area contributed by atoms with E-state index in [1.807, 2.05) is 30.3 Å². The van der Waals surface area contributed by atoms with Gasteiger partial charge in [-0.25, -0.2) is 4.79 Å². The molecular weight excluding hydrogens is 298 g/mol. The second kappa shape index (κ2) is 9.61. The molecule has 1 aromatic carbocycles. The number of aliphatic carboxylic acids is 1. The molecule has 0 saturated heterocycles. The molecule has 6 nitrogen and oxygen atoms in total. The fourth-order valence-electron chi connectivity index (χ4n) is 2.20. The number of hydrogen-bond donors (Lipinski definition) is 2. The van der Waals surface area contributed by atoms with Gasteiger partial charge in [0.05, 0.1) is 13.0 Å². The number of hydrogen-bond acceptors (Lipinski definition) is 4. The Kier molecular flexibility index (Phi) is 7.80. The van der Waals surface area contributed by atoms with E-state index >= 15 is 0 Å². The highest BCUT2D eigenvalue weighted by Crippen LogP contribution is 2.11. The van der Waals surface area contributed by atoms with Crippen LogP contribution in [0.15, 0.2) is 30.3 Å². The molecule has 23 heavy (non-hydrogen) atoms. The average Bonchev–Trinajstić information content (AvgIpc) is 2.51. The second-order valence-electron chi connectivity index (χ2n) is 5.36. The predicted molar refractivity (Wildman–Crippen MR) is 84.7 cm³/mol. The Morgan fingerprint density at radius 3 is 2.43 bits per heavy atom. The van der Waals surface area contributed by atoms with Crippen molar-refractivity contribution in [2.75, 3.05) is 6.61 Å². The number of rotatable bonds is 9. The van der Waals surface area contributed by atoms with Gasteiger partial charge in [0.2, 0.25) is 5.91 Å². The van der Waals surface area contributed by atoms with Crippen LogP contribution in [0, 0.1) is 5.92 Å². The lowest BCUT2D eigenvalue weighted by molar-refractivity contribution is -0.147. The van der Waals surface area contributed by atoms with E-state index in [0.29, 0.717) is 6.42 Å². The summed E-state index contributed by atoms with van der Waals surface area (Å²) in [5.41, 5.74) is 1.01. The average molecular weight is 321 g/mol. The Hall–Kier alpha value is -2.37. The molecule has 0 saturated carbocycles. The topological polar surface area (TPSA) is 92.7 Å². The van der Waals surface area contributed by atoms with Crippen molar-refractivity contribution in [3.63, 3.8) is 0 Å². The van der Waals surface area contributed by atoms with Crippen LogP contribution in [0.1, 0.15) is 32.3 Å². The largest absolute Gasteiger partial charge is 0.480 e. The zero-order chi connectivity index (χ0) is 17.2. The van der Waals surface area contributed by atoms with Gasteiger partial charge in [-0.3, -0.25) is 9.59 Å². The van der Waals surface area contributed by atoms with Gasteiger partial charge in [-0.2, -0.15) is 0 Å². The molecule has 0 aromatic heterocycles. The van der Waals surface area contributed by atoms with Crippen molar-refractivity contribution in [2.24, 2.45) is 5.92 Å². The minimum Gasteiger partial charge on any atom is -0.480 e. The monoisotopic (exact) mass is 321 g/mol. The molecule has 0 spiro atoms. The van der Waals surface area contributed by atoms with E-state index in [4.69, 9.17) is 4.74 Å². The molecule has 1 amide bonds. The van der Waals surface area contributed by atoms with Gasteiger partial charge in [0.1, 0.15) is 6.04 Å². The van der Waals surface area contributed by atoms with E-state index in [9.17, 15) is 19.5 Å². The third-order valence-corrected chi connectivity index (χ3v) is 3.43. The number of esters is 1. The van der Waals surface area contributed by atoms with Crippen LogP contribution >= 0.6 is 0 Å². The molecule has 0 aliphatic heterocycles. The molecule has 0 unspecified atom stereocenters. The standard InChI is InChI=1S/C17H23NO5/c1-3-23-15(20)11-12(2)16(17(21)22)18-14(19)10-9-13-7-5-4-6-8-13/h4-8,12,16H,3,9-11H2,1-2H3,(H,18,19)(H,21,22)/t12-,16-/m0/s1. The first-order valence-corrected chi connectivity index (χ1v) is 7.65. The van der Waals surface area contributed by atoms with Crippen molar-refractivity contribution in [2.45, 2.75) is 39.2 Å². The van der Waals surface area contributed by atoms with Crippen LogP contribution in [0.4, 0.5) is 0 Å². The second-order valence-corrected chi connectivity index (χ2v) is 5.36. The van der Waals surface area contributed by atoms with Crippen molar-refractivity contribution < 1.29 is 24.2 Å². The van der Waals surface area contributed by atoms with Gasteiger partial charge in [-0.1, -0.05) is 37.3 Å². The third-order valence-electron chi connectivity index (χ3n) is 3.43. The van der Waals surface area contributed by atoms with Gasteiger partial charge in [0.15, 0.2) is 0 Å². The van der Waals surface area contributed by atoms with Gasteiger partial charge >= 0.3 is 11.9 Å². The summed E-state index contributed by atoms with van der Waals surface area (Å²) in [5, 5.41) is 11.7. The van der Waals surface area contributed by atoms with E-state index < -0.39 is 23.9 Å². The summed E-state index contributed by atoms with van der Waals surface area (Å²) >= 11 is 0. The summed E-state index contributed by atoms with van der Waals surface area (Å²) in [7, 11) is 0. The van der Waals surface area contributed by atoms with Crippen LogP contribution < -0.4 is 5.32 Å². The zero-order valence-corrected chi connectivity index (χ0v) is 13.5. The fraction of sp³-hybridized carbons (Fsp3) is 0.471. The zero-order valence-electron chi connectivity index (χ0n) is 13.5. The summed E-state index contributed by atoms with van der Waals surface area (Å²) in [4.78, 5) is 34.7. The molecular formula is C17H23NO5. The Bertz CT molecular complexity index is 529. The highest BCUT2D eigenvalue weighted by molar-refractivity contribution is 5.84. The quantitative estimate of drug-likeness (QED) is 0.676. The number of carboxylic acid groups (broad SMARTS) is 1. The van der Waals surface area contributed by atoms with Gasteiger partial charge in [0.25, 0.3) is 0 Å². The van der Waals surface area contributed by atoms with Crippen molar-refractivity contribution in [1.82, 2.24) is 5.32 Å². The summed E-state index contributed by atoms with van der Waals surface area (Å²) in [6.45, 7) is 3.53. The first kappa shape index (κ1) is 18.7. The van der Waals surface area contributed by atoms with Crippen LogP contribution in [-0.2, 0) is 25.5 Å². The van der Waals surface area contributed by atoms with E-state index in [-0.39, 0.29) is 25.4 Å². The minimum atomic E-state index is -1.16. The van der Waals surface area contributed by atoms with Gasteiger partial charge in [0, 0.05) is 6.42 Å². The summed E-state index contributed by atoms with van der Waals surface area (Å²) in [5.74, 6) is -2.52. The maximum atomic E-state index is 12.0. The van der Waals surface area contributed by atoms with Crippen molar-refractivity contribution in [3.05, 3.63) is 35.9 Å². The third kappa shape index (κ3) is 6.95. The van der Waals surface area contributed by atoms with Crippen LogP contribution in [0.2, 0.25) is 0 Å². The molecule has 0 bridgehead atoms. The number of amides is 1. The van der Waals surface area contributed by atoms with Crippen molar-refractivity contribution in [3.8, 4) is 0 Å². The van der Waals surface area contributed by atoms with E-state index in [0.717, 1.165) is 5.56 Å². The van der Waals surface area contributed by atoms with Gasteiger partial charge in [-0.15, -0.1) is 0 Å². The SMILES string of the molecule is CCOC(=O)C[C@H](C)[C@H](NC(=O)CCc1ccccc1)C(=O)O. The lowest BCUT2D eigenvalue weighted by atomic mass is 9.98. The highest BCUT2D eigenvalue weighted by atomic mass is 16.5. The summed E-state index contributed by atoms with van der Waals surface area (Å²) in [6.07, 6.45) is 0.676. The Balaban J connectivity index is 2.52. The molecule has 0 fully saturated rings. The molecule has 1 rings (SSSR count). The molecule has 0 aliphatic rings. The number of carbonyl (C=O) groups excluding carboxylic acids is 2. The van der Waals surface area contributed by atoms with E-state index in [2.05, 4.69) is 5.32 Å². The van der Waals surface area contributed by atoms with Crippen molar-refractivity contribution in [1.29, 1.82) is 0 Å². The smallest absolute Gasteiger partial charge is 0.326 e. The Morgan fingerprint density at radius 2 is 1.87 bits per heavy atom. The Morgan fingerprint density at radius 1 is 1.22 bits per heavy atom. The summed E-state index contributed by atoms with van der Waals surface area (Å²) < 4.78 is 4.81. The molecule has 2 atom stereocenters. The maximum Gasteiger partial charge on any atom is 0.326 e. The molecule has 6 heteroatoms. The summed E-state index contributed by atoms with van der Waals surface area (Å²) in [6, 6.07) is 8.36. The number of benzene rings is 1. The first-order valence-electron chi connectivity index (χ1n) is 7.65. The first-order chi connectivity index (χ1) is 10.9. The van der Waals surface area contributed by atoms with Crippen LogP contribution in [-0.4, -0.2) is 35.6 Å². The predicted octanol–water partition coefficient (Wildman–Crippen LogP) is 1.78. The van der Waals surface area contributed by atoms with E-state index in [1.165, 1.54) is 0 Å². The van der Waals surface area contributed by atoms with Crippen LogP contribution in [0.5, 0.6) is 0 Å². The van der Waals surface area contributed by atoms with Gasteiger partial charge in [-0.05, 0) is 24.8 Å². The normalized spacial score (nSPS) is 13.0. The molecule has 0 heterocycles. The number of carboxylic acids is 1. The lowest BCUT2D eigenvalue weighted by Gasteiger charge is -2.20. The fourth-order valence-corrected chi connectivity index (χ4v) is 2.20. The number of aryl methyl sites for hydroxylation is 1.